The maximum atomic E-state index is 11.1. The van der Waals surface area contributed by atoms with Crippen LogP contribution in [-0.2, 0) is 0 Å². The van der Waals surface area contributed by atoms with E-state index in [0.717, 1.165) is 38.0 Å². The average Bonchev–Trinajstić information content (AvgIpc) is 2.43. The van der Waals surface area contributed by atoms with Crippen molar-refractivity contribution in [2.24, 2.45) is 0 Å². The molecule has 1 aromatic rings. The van der Waals surface area contributed by atoms with Gasteiger partial charge in [-0.1, -0.05) is 13.0 Å². The summed E-state index contributed by atoms with van der Waals surface area (Å²) in [6, 6.07) is 5.71. The van der Waals surface area contributed by atoms with Crippen LogP contribution in [0.15, 0.2) is 18.2 Å². The Morgan fingerprint density at radius 2 is 2.10 bits per heavy atom. The van der Waals surface area contributed by atoms with Gasteiger partial charge in [0.2, 0.25) is 0 Å². The first-order valence-corrected chi connectivity index (χ1v) is 7.34. The molecule has 110 valence electrons. The van der Waals surface area contributed by atoms with Crippen LogP contribution >= 0.6 is 0 Å². The topological polar surface area (TPSA) is 58.4 Å². The molecule has 0 aliphatic carbocycles. The van der Waals surface area contributed by atoms with Crippen molar-refractivity contribution in [3.05, 3.63) is 33.9 Å². The Kier molecular flexibility index (Phi) is 4.95. The number of benzene rings is 1. The monoisotopic (exact) mass is 277 g/mol. The highest BCUT2D eigenvalue weighted by Gasteiger charge is 2.21. The van der Waals surface area contributed by atoms with Gasteiger partial charge < -0.3 is 10.2 Å². The SMILES string of the molecule is CCCN1CCC(Nc2ccc(C)cc2[N+](=O)[O-])CC1. The normalized spacial score (nSPS) is 17.1. The van der Waals surface area contributed by atoms with Crippen molar-refractivity contribution in [1.29, 1.82) is 0 Å². The molecule has 1 aliphatic rings. The third kappa shape index (κ3) is 3.70. The van der Waals surface area contributed by atoms with E-state index in [2.05, 4.69) is 17.1 Å². The van der Waals surface area contributed by atoms with Crippen molar-refractivity contribution in [2.75, 3.05) is 25.0 Å². The molecule has 0 saturated carbocycles. The van der Waals surface area contributed by atoms with Crippen molar-refractivity contribution < 1.29 is 4.92 Å². The summed E-state index contributed by atoms with van der Waals surface area (Å²) in [5, 5.41) is 14.5. The van der Waals surface area contributed by atoms with E-state index in [9.17, 15) is 10.1 Å². The van der Waals surface area contributed by atoms with Gasteiger partial charge >= 0.3 is 0 Å². The van der Waals surface area contributed by atoms with Crippen molar-refractivity contribution in [1.82, 2.24) is 4.90 Å². The van der Waals surface area contributed by atoms with Crippen LogP contribution in [0.1, 0.15) is 31.7 Å². The molecule has 1 heterocycles. The fourth-order valence-electron chi connectivity index (χ4n) is 2.75. The van der Waals surface area contributed by atoms with Crippen molar-refractivity contribution in [3.63, 3.8) is 0 Å². The van der Waals surface area contributed by atoms with Gasteiger partial charge in [-0.3, -0.25) is 10.1 Å². The number of anilines is 1. The summed E-state index contributed by atoms with van der Waals surface area (Å²) in [4.78, 5) is 13.3. The first-order valence-electron chi connectivity index (χ1n) is 7.34. The van der Waals surface area contributed by atoms with Gasteiger partial charge in [0.25, 0.3) is 5.69 Å². The predicted molar refractivity (Wildman–Crippen MR) is 81.2 cm³/mol. The molecule has 2 rings (SSSR count). The lowest BCUT2D eigenvalue weighted by Crippen LogP contribution is -2.39. The molecule has 1 fully saturated rings. The summed E-state index contributed by atoms with van der Waals surface area (Å²) in [7, 11) is 0. The van der Waals surface area contributed by atoms with E-state index in [1.807, 2.05) is 19.1 Å². The second-order valence-corrected chi connectivity index (χ2v) is 5.54. The van der Waals surface area contributed by atoms with Crippen molar-refractivity contribution >= 4 is 11.4 Å². The number of nitro groups is 1. The van der Waals surface area contributed by atoms with Gasteiger partial charge in [-0.15, -0.1) is 0 Å². The molecule has 1 aliphatic heterocycles. The van der Waals surface area contributed by atoms with E-state index in [1.54, 1.807) is 6.07 Å². The van der Waals surface area contributed by atoms with Crippen LogP contribution in [0, 0.1) is 17.0 Å². The molecule has 1 saturated heterocycles. The number of rotatable bonds is 5. The first-order chi connectivity index (χ1) is 9.60. The van der Waals surface area contributed by atoms with Crippen LogP contribution in [0.25, 0.3) is 0 Å². The van der Waals surface area contributed by atoms with Gasteiger partial charge in [-0.05, 0) is 44.4 Å². The Balaban J connectivity index is 1.99. The van der Waals surface area contributed by atoms with E-state index >= 15 is 0 Å². The number of hydrogen-bond donors (Lipinski definition) is 1. The largest absolute Gasteiger partial charge is 0.377 e. The van der Waals surface area contributed by atoms with Crippen LogP contribution in [-0.4, -0.2) is 35.5 Å². The van der Waals surface area contributed by atoms with Gasteiger partial charge in [-0.2, -0.15) is 0 Å². The molecule has 0 unspecified atom stereocenters. The summed E-state index contributed by atoms with van der Waals surface area (Å²) in [5.41, 5.74) is 1.75. The zero-order valence-electron chi connectivity index (χ0n) is 12.3. The molecule has 5 heteroatoms. The number of nitrogens with one attached hydrogen (secondary N) is 1. The average molecular weight is 277 g/mol. The van der Waals surface area contributed by atoms with Crippen LogP contribution in [0.4, 0.5) is 11.4 Å². The number of hydrogen-bond acceptors (Lipinski definition) is 4. The maximum Gasteiger partial charge on any atom is 0.292 e. The van der Waals surface area contributed by atoms with Crippen LogP contribution in [0.3, 0.4) is 0 Å². The zero-order valence-corrected chi connectivity index (χ0v) is 12.3. The Morgan fingerprint density at radius 3 is 2.70 bits per heavy atom. The van der Waals surface area contributed by atoms with Crippen molar-refractivity contribution in [2.45, 2.75) is 39.2 Å². The molecule has 1 aromatic carbocycles. The minimum Gasteiger partial charge on any atom is -0.377 e. The lowest BCUT2D eigenvalue weighted by molar-refractivity contribution is -0.384. The highest BCUT2D eigenvalue weighted by Crippen LogP contribution is 2.27. The molecule has 0 atom stereocenters. The van der Waals surface area contributed by atoms with Crippen LogP contribution < -0.4 is 5.32 Å². The summed E-state index contributed by atoms with van der Waals surface area (Å²) in [6.45, 7) is 7.37. The maximum absolute atomic E-state index is 11.1. The summed E-state index contributed by atoms with van der Waals surface area (Å²) in [5.74, 6) is 0. The predicted octanol–water partition coefficient (Wildman–Crippen LogP) is 3.19. The Bertz CT molecular complexity index is 468. The minimum atomic E-state index is -0.304. The third-order valence-electron chi connectivity index (χ3n) is 3.84. The first kappa shape index (κ1) is 14.8. The number of aryl methyl sites for hydroxylation is 1. The number of nitro benzene ring substituents is 1. The molecular weight excluding hydrogens is 254 g/mol. The lowest BCUT2D eigenvalue weighted by Gasteiger charge is -2.32. The Labute approximate surface area is 120 Å². The molecule has 5 nitrogen and oxygen atoms in total. The quantitative estimate of drug-likeness (QED) is 0.663. The van der Waals surface area contributed by atoms with Gasteiger partial charge in [0.15, 0.2) is 0 Å². The number of piperidine rings is 1. The molecule has 0 radical (unpaired) electrons. The third-order valence-corrected chi connectivity index (χ3v) is 3.84. The molecule has 0 amide bonds. The van der Waals surface area contributed by atoms with E-state index in [4.69, 9.17) is 0 Å². The second kappa shape index (κ2) is 6.70. The molecular formula is C15H23N3O2. The molecule has 20 heavy (non-hydrogen) atoms. The minimum absolute atomic E-state index is 0.181. The smallest absolute Gasteiger partial charge is 0.292 e. The lowest BCUT2D eigenvalue weighted by atomic mass is 10.0. The van der Waals surface area contributed by atoms with Gasteiger partial charge in [0, 0.05) is 25.2 Å². The zero-order chi connectivity index (χ0) is 14.5. The van der Waals surface area contributed by atoms with Crippen LogP contribution in [0.5, 0.6) is 0 Å². The second-order valence-electron chi connectivity index (χ2n) is 5.54. The Morgan fingerprint density at radius 1 is 1.40 bits per heavy atom. The highest BCUT2D eigenvalue weighted by atomic mass is 16.6. The van der Waals surface area contributed by atoms with Gasteiger partial charge in [0.1, 0.15) is 5.69 Å². The van der Waals surface area contributed by atoms with Gasteiger partial charge in [0.05, 0.1) is 4.92 Å². The fraction of sp³-hybridized carbons (Fsp3) is 0.600. The van der Waals surface area contributed by atoms with Crippen LogP contribution in [0.2, 0.25) is 0 Å². The fourth-order valence-corrected chi connectivity index (χ4v) is 2.75. The summed E-state index contributed by atoms with van der Waals surface area (Å²) >= 11 is 0. The standard InChI is InChI=1S/C15H23N3O2/c1-3-8-17-9-6-13(7-10-17)16-14-5-4-12(2)11-15(14)18(19)20/h4-5,11,13,16H,3,6-10H2,1-2H3. The molecule has 0 bridgehead atoms. The van der Waals surface area contributed by atoms with Crippen molar-refractivity contribution in [3.8, 4) is 0 Å². The summed E-state index contributed by atoms with van der Waals surface area (Å²) < 4.78 is 0. The molecule has 0 spiro atoms. The number of nitrogens with zero attached hydrogens (tertiary/aromatic N) is 2. The highest BCUT2D eigenvalue weighted by molar-refractivity contribution is 5.63. The van der Waals surface area contributed by atoms with E-state index in [-0.39, 0.29) is 10.6 Å². The van der Waals surface area contributed by atoms with Gasteiger partial charge in [-0.25, -0.2) is 0 Å². The van der Waals surface area contributed by atoms with E-state index < -0.39 is 0 Å². The Hall–Kier alpha value is -1.62. The number of likely N-dealkylation sites (tertiary alicyclic amines) is 1. The van der Waals surface area contributed by atoms with E-state index in [1.165, 1.54) is 6.42 Å². The van der Waals surface area contributed by atoms with E-state index in [0.29, 0.717) is 11.7 Å². The molecule has 0 aromatic heterocycles. The molecule has 1 N–H and O–H groups in total. The summed E-state index contributed by atoms with van der Waals surface area (Å²) in [6.07, 6.45) is 3.28.